The molecule has 1 aliphatic rings. The van der Waals surface area contributed by atoms with E-state index >= 15 is 0 Å². The van der Waals surface area contributed by atoms with Gasteiger partial charge in [-0.05, 0) is 55.7 Å². The highest BCUT2D eigenvalue weighted by Crippen LogP contribution is 2.38. The molecule has 5 rings (SSSR count). The third kappa shape index (κ3) is 4.43. The molecule has 186 valence electrons. The van der Waals surface area contributed by atoms with Crippen LogP contribution in [0.4, 0.5) is 24.7 Å². The SMILES string of the molecule is Cc1nc(N2C[C@@H](CC(=O)Nc3ccc(C(F)(F)F)cc3)C[C@H]2C(=O)O)c2oc3ccccc3c2n1. The van der Waals surface area contributed by atoms with Crippen LogP contribution in [0.2, 0.25) is 0 Å². The van der Waals surface area contributed by atoms with Gasteiger partial charge in [-0.15, -0.1) is 0 Å². The Bertz CT molecular complexity index is 1470. The molecule has 1 amide bonds. The molecule has 2 aromatic heterocycles. The van der Waals surface area contributed by atoms with Crippen molar-refractivity contribution in [3.05, 3.63) is 59.9 Å². The first-order valence-corrected chi connectivity index (χ1v) is 11.2. The first-order valence-electron chi connectivity index (χ1n) is 11.2. The minimum Gasteiger partial charge on any atom is -0.480 e. The highest BCUT2D eigenvalue weighted by molar-refractivity contribution is 6.06. The Morgan fingerprint density at radius 2 is 1.86 bits per heavy atom. The summed E-state index contributed by atoms with van der Waals surface area (Å²) in [5, 5.41) is 13.3. The number of furan rings is 1. The van der Waals surface area contributed by atoms with Crippen LogP contribution in [0.5, 0.6) is 0 Å². The lowest BCUT2D eigenvalue weighted by molar-refractivity contribution is -0.139. The minimum atomic E-state index is -4.47. The fourth-order valence-corrected chi connectivity index (χ4v) is 4.64. The number of aryl methyl sites for hydroxylation is 1. The van der Waals surface area contributed by atoms with Gasteiger partial charge in [0.05, 0.1) is 5.56 Å². The number of carboxylic acids is 1. The van der Waals surface area contributed by atoms with E-state index in [9.17, 15) is 27.9 Å². The van der Waals surface area contributed by atoms with Crippen molar-refractivity contribution in [2.45, 2.75) is 32.0 Å². The Labute approximate surface area is 202 Å². The van der Waals surface area contributed by atoms with Crippen LogP contribution < -0.4 is 10.2 Å². The Morgan fingerprint density at radius 1 is 1.14 bits per heavy atom. The first-order chi connectivity index (χ1) is 17.1. The summed E-state index contributed by atoms with van der Waals surface area (Å²) in [6.07, 6.45) is -4.28. The number of carbonyl (C=O) groups is 2. The van der Waals surface area contributed by atoms with Crippen LogP contribution in [0.25, 0.3) is 22.1 Å². The number of halogens is 3. The molecule has 8 nitrogen and oxygen atoms in total. The van der Waals surface area contributed by atoms with Crippen LogP contribution in [0.3, 0.4) is 0 Å². The maximum atomic E-state index is 12.8. The molecule has 11 heteroatoms. The van der Waals surface area contributed by atoms with E-state index in [1.165, 1.54) is 12.1 Å². The van der Waals surface area contributed by atoms with E-state index in [0.717, 1.165) is 17.5 Å². The molecule has 2 N–H and O–H groups in total. The Morgan fingerprint density at radius 3 is 2.56 bits per heavy atom. The number of hydrogen-bond acceptors (Lipinski definition) is 6. The molecular weight excluding hydrogens is 477 g/mol. The summed E-state index contributed by atoms with van der Waals surface area (Å²) < 4.78 is 44.3. The molecule has 0 bridgehead atoms. The van der Waals surface area contributed by atoms with Crippen LogP contribution in [0.1, 0.15) is 24.2 Å². The highest BCUT2D eigenvalue weighted by Gasteiger charge is 2.40. The number of fused-ring (bicyclic) bond motifs is 3. The van der Waals surface area contributed by atoms with Gasteiger partial charge in [-0.3, -0.25) is 4.79 Å². The van der Waals surface area contributed by atoms with E-state index in [1.54, 1.807) is 17.9 Å². The van der Waals surface area contributed by atoms with Crippen molar-refractivity contribution in [2.24, 2.45) is 5.92 Å². The maximum Gasteiger partial charge on any atom is 0.416 e. The summed E-state index contributed by atoms with van der Waals surface area (Å²) in [5.41, 5.74) is 0.983. The summed E-state index contributed by atoms with van der Waals surface area (Å²) in [6.45, 7) is 1.95. The number of hydrogen-bond donors (Lipinski definition) is 2. The monoisotopic (exact) mass is 498 g/mol. The number of carboxylic acid groups (broad SMARTS) is 1. The van der Waals surface area contributed by atoms with Crippen molar-refractivity contribution < 1.29 is 32.3 Å². The van der Waals surface area contributed by atoms with E-state index < -0.39 is 29.7 Å². The van der Waals surface area contributed by atoms with Gasteiger partial charge in [0.2, 0.25) is 5.91 Å². The van der Waals surface area contributed by atoms with E-state index in [2.05, 4.69) is 15.3 Å². The Kier molecular flexibility index (Phi) is 5.77. The number of alkyl halides is 3. The summed E-state index contributed by atoms with van der Waals surface area (Å²) in [4.78, 5) is 35.3. The number of amides is 1. The number of aromatic nitrogens is 2. The number of nitrogens with zero attached hydrogens (tertiary/aromatic N) is 3. The zero-order valence-corrected chi connectivity index (χ0v) is 19.0. The summed E-state index contributed by atoms with van der Waals surface area (Å²) in [6, 6.07) is 10.6. The lowest BCUT2D eigenvalue weighted by Crippen LogP contribution is -2.36. The first kappa shape index (κ1) is 23.6. The smallest absolute Gasteiger partial charge is 0.416 e. The number of nitrogens with one attached hydrogen (secondary N) is 1. The van der Waals surface area contributed by atoms with Crippen molar-refractivity contribution in [1.29, 1.82) is 0 Å². The van der Waals surface area contributed by atoms with Crippen molar-refractivity contribution in [3.63, 3.8) is 0 Å². The van der Waals surface area contributed by atoms with E-state index in [-0.39, 0.29) is 31.0 Å². The number of rotatable bonds is 5. The molecule has 1 fully saturated rings. The highest BCUT2D eigenvalue weighted by atomic mass is 19.4. The van der Waals surface area contributed by atoms with Gasteiger partial charge in [-0.1, -0.05) is 12.1 Å². The molecule has 2 aromatic carbocycles. The molecule has 2 atom stereocenters. The van der Waals surface area contributed by atoms with Gasteiger partial charge >= 0.3 is 12.1 Å². The third-order valence-corrected chi connectivity index (χ3v) is 6.23. The number of aliphatic carboxylic acids is 1. The standard InChI is InChI=1S/C25H21F3N4O4/c1-13-29-21-17-4-2-3-5-19(17)36-22(21)23(30-13)32-12-14(10-18(32)24(34)35)11-20(33)31-16-8-6-15(7-9-16)25(26,27)28/h2-9,14,18H,10-12H2,1H3,(H,31,33)(H,34,35)/t14-,18+/m1/s1. The van der Waals surface area contributed by atoms with Crippen molar-refractivity contribution in [3.8, 4) is 0 Å². The van der Waals surface area contributed by atoms with Crippen molar-refractivity contribution in [2.75, 3.05) is 16.8 Å². The van der Waals surface area contributed by atoms with Gasteiger partial charge in [0.15, 0.2) is 11.4 Å². The van der Waals surface area contributed by atoms with Crippen molar-refractivity contribution in [1.82, 2.24) is 9.97 Å². The fraction of sp³-hybridized carbons (Fsp3) is 0.280. The molecule has 1 saturated heterocycles. The molecular formula is C25H21F3N4O4. The molecule has 36 heavy (non-hydrogen) atoms. The molecule has 1 aliphatic heterocycles. The minimum absolute atomic E-state index is 0.00532. The third-order valence-electron chi connectivity index (χ3n) is 6.23. The maximum absolute atomic E-state index is 12.8. The van der Waals surface area contributed by atoms with E-state index in [1.807, 2.05) is 18.2 Å². The fourth-order valence-electron chi connectivity index (χ4n) is 4.64. The number of benzene rings is 2. The van der Waals surface area contributed by atoms with Crippen LogP contribution in [-0.2, 0) is 15.8 Å². The topological polar surface area (TPSA) is 109 Å². The van der Waals surface area contributed by atoms with Crippen LogP contribution in [0.15, 0.2) is 52.9 Å². The predicted molar refractivity (Wildman–Crippen MR) is 126 cm³/mol. The molecule has 0 saturated carbocycles. The molecule has 0 spiro atoms. The van der Waals surface area contributed by atoms with E-state index in [0.29, 0.717) is 28.3 Å². The van der Waals surface area contributed by atoms with Gasteiger partial charge in [0, 0.05) is 24.0 Å². The van der Waals surface area contributed by atoms with Crippen molar-refractivity contribution >= 4 is 45.5 Å². The molecule has 0 unspecified atom stereocenters. The lowest BCUT2D eigenvalue weighted by atomic mass is 10.0. The van der Waals surface area contributed by atoms with Gasteiger partial charge in [-0.25, -0.2) is 14.8 Å². The second-order valence-corrected chi connectivity index (χ2v) is 8.81. The van der Waals surface area contributed by atoms with Crippen LogP contribution >= 0.6 is 0 Å². The Hall–Kier alpha value is -4.15. The second-order valence-electron chi connectivity index (χ2n) is 8.81. The van der Waals surface area contributed by atoms with Gasteiger partial charge in [0.25, 0.3) is 0 Å². The van der Waals surface area contributed by atoms with Crippen LogP contribution in [-0.4, -0.2) is 39.5 Å². The molecule has 0 radical (unpaired) electrons. The number of anilines is 2. The molecule has 0 aliphatic carbocycles. The zero-order chi connectivity index (χ0) is 25.6. The van der Waals surface area contributed by atoms with E-state index in [4.69, 9.17) is 4.42 Å². The van der Waals surface area contributed by atoms with Crippen LogP contribution in [0, 0.1) is 12.8 Å². The summed E-state index contributed by atoms with van der Waals surface area (Å²) in [7, 11) is 0. The van der Waals surface area contributed by atoms with Gasteiger partial charge < -0.3 is 19.7 Å². The number of para-hydroxylation sites is 1. The van der Waals surface area contributed by atoms with Gasteiger partial charge in [-0.2, -0.15) is 13.2 Å². The average molecular weight is 498 g/mol. The Balaban J connectivity index is 1.37. The molecule has 4 aromatic rings. The molecule has 3 heterocycles. The number of carbonyl (C=O) groups excluding carboxylic acids is 1. The summed E-state index contributed by atoms with van der Waals surface area (Å²) >= 11 is 0. The van der Waals surface area contributed by atoms with Gasteiger partial charge in [0.1, 0.15) is 23.0 Å². The lowest BCUT2D eigenvalue weighted by Gasteiger charge is -2.22. The average Bonchev–Trinajstić information content (AvgIpc) is 3.40. The predicted octanol–water partition coefficient (Wildman–Crippen LogP) is 5.01. The normalized spacial score (nSPS) is 18.2. The largest absolute Gasteiger partial charge is 0.480 e. The quantitative estimate of drug-likeness (QED) is 0.398. The zero-order valence-electron chi connectivity index (χ0n) is 19.0. The second kappa shape index (κ2) is 8.81. The summed E-state index contributed by atoms with van der Waals surface area (Å²) in [5.74, 6) is -0.988.